The van der Waals surface area contributed by atoms with Gasteiger partial charge >= 0.3 is 0 Å². The third-order valence-electron chi connectivity index (χ3n) is 5.52. The van der Waals surface area contributed by atoms with Crippen molar-refractivity contribution in [3.8, 4) is 5.75 Å². The maximum absolute atomic E-state index is 11.4. The maximum Gasteiger partial charge on any atom is 0.221 e. The molecule has 0 bridgehead atoms. The van der Waals surface area contributed by atoms with Crippen molar-refractivity contribution in [3.63, 3.8) is 0 Å². The average molecular weight is 365 g/mol. The van der Waals surface area contributed by atoms with Gasteiger partial charge in [0.05, 0.1) is 6.04 Å². The number of nitrogens with two attached hydrogens (primary N) is 1. The Labute approximate surface area is 160 Å². The van der Waals surface area contributed by atoms with Crippen molar-refractivity contribution in [2.75, 3.05) is 18.4 Å². The van der Waals surface area contributed by atoms with Gasteiger partial charge in [-0.15, -0.1) is 0 Å². The van der Waals surface area contributed by atoms with Crippen molar-refractivity contribution < 1.29 is 9.53 Å². The zero-order valence-corrected chi connectivity index (χ0v) is 15.7. The quantitative estimate of drug-likeness (QED) is 0.874. The molecule has 142 valence electrons. The minimum atomic E-state index is -0.0847. The monoisotopic (exact) mass is 365 g/mol. The van der Waals surface area contributed by atoms with Gasteiger partial charge < -0.3 is 15.8 Å². The summed E-state index contributed by atoms with van der Waals surface area (Å²) in [6.07, 6.45) is 3.19. The molecule has 0 spiro atoms. The molecule has 1 saturated heterocycles. The van der Waals surface area contributed by atoms with Gasteiger partial charge in [0.2, 0.25) is 5.91 Å². The standard InChI is InChI=1S/C22H27N3O2/c1-15(26)24-18-8-4-9-19(13-18)27-22-20-10-3-2-6-16(20)12-21(22)25-11-5-7-17(23)14-25/h2-4,6,8-10,13,17,21-22H,5,7,11-12,14,23H2,1H3,(H,24,26)/t17-,21+,22+/m1/s1. The Morgan fingerprint density at radius 1 is 1.22 bits per heavy atom. The first-order valence-corrected chi connectivity index (χ1v) is 9.72. The van der Waals surface area contributed by atoms with Crippen LogP contribution in [0.25, 0.3) is 0 Å². The fraction of sp³-hybridized carbons (Fsp3) is 0.409. The molecule has 2 aromatic rings. The summed E-state index contributed by atoms with van der Waals surface area (Å²) in [5.74, 6) is 0.688. The highest BCUT2D eigenvalue weighted by Gasteiger charge is 2.39. The smallest absolute Gasteiger partial charge is 0.221 e. The molecular formula is C22H27N3O2. The van der Waals surface area contributed by atoms with E-state index in [4.69, 9.17) is 10.5 Å². The van der Waals surface area contributed by atoms with Crippen LogP contribution in [0.15, 0.2) is 48.5 Å². The maximum atomic E-state index is 11.4. The lowest BCUT2D eigenvalue weighted by molar-refractivity contribution is -0.114. The van der Waals surface area contributed by atoms with Gasteiger partial charge in [0.25, 0.3) is 0 Å². The van der Waals surface area contributed by atoms with Crippen LogP contribution in [0.5, 0.6) is 5.75 Å². The summed E-state index contributed by atoms with van der Waals surface area (Å²) in [5, 5.41) is 2.82. The Hall–Kier alpha value is -2.37. The van der Waals surface area contributed by atoms with Crippen LogP contribution in [0.4, 0.5) is 5.69 Å². The number of carbonyl (C=O) groups is 1. The van der Waals surface area contributed by atoms with Crippen molar-refractivity contribution in [3.05, 3.63) is 59.7 Å². The summed E-state index contributed by atoms with van der Waals surface area (Å²) in [6, 6.07) is 16.7. The molecule has 0 aromatic heterocycles. The highest BCUT2D eigenvalue weighted by Crippen LogP contribution is 2.39. The van der Waals surface area contributed by atoms with Crippen LogP contribution in [0, 0.1) is 0 Å². The normalized spacial score (nSPS) is 25.0. The first-order valence-electron chi connectivity index (χ1n) is 9.72. The van der Waals surface area contributed by atoms with Crippen LogP contribution in [-0.4, -0.2) is 36.0 Å². The van der Waals surface area contributed by atoms with Gasteiger partial charge in [0.15, 0.2) is 0 Å². The van der Waals surface area contributed by atoms with Crippen molar-refractivity contribution >= 4 is 11.6 Å². The van der Waals surface area contributed by atoms with E-state index in [2.05, 4.69) is 34.5 Å². The summed E-state index contributed by atoms with van der Waals surface area (Å²) in [4.78, 5) is 13.8. The Balaban J connectivity index is 1.60. The molecule has 1 aliphatic heterocycles. The first kappa shape index (κ1) is 18.0. The number of rotatable bonds is 4. The van der Waals surface area contributed by atoms with Gasteiger partial charge in [-0.3, -0.25) is 9.69 Å². The molecule has 1 amide bonds. The van der Waals surface area contributed by atoms with E-state index in [1.54, 1.807) is 0 Å². The van der Waals surface area contributed by atoms with E-state index < -0.39 is 0 Å². The van der Waals surface area contributed by atoms with Crippen LogP contribution in [0.3, 0.4) is 0 Å². The zero-order chi connectivity index (χ0) is 18.8. The van der Waals surface area contributed by atoms with E-state index in [1.165, 1.54) is 18.1 Å². The Kier molecular flexibility index (Phi) is 5.14. The van der Waals surface area contributed by atoms with E-state index in [9.17, 15) is 4.79 Å². The van der Waals surface area contributed by atoms with Crippen LogP contribution in [0.2, 0.25) is 0 Å². The molecular weight excluding hydrogens is 338 g/mol. The van der Waals surface area contributed by atoms with Crippen LogP contribution in [0.1, 0.15) is 37.0 Å². The Bertz CT molecular complexity index is 823. The van der Waals surface area contributed by atoms with Crippen molar-refractivity contribution in [1.29, 1.82) is 0 Å². The fourth-order valence-corrected chi connectivity index (χ4v) is 4.34. The zero-order valence-electron chi connectivity index (χ0n) is 15.7. The van der Waals surface area contributed by atoms with Crippen LogP contribution < -0.4 is 15.8 Å². The first-order chi connectivity index (χ1) is 13.1. The predicted molar refractivity (Wildman–Crippen MR) is 107 cm³/mol. The number of nitrogens with one attached hydrogen (secondary N) is 1. The average Bonchev–Trinajstić information content (AvgIpc) is 3.00. The highest BCUT2D eigenvalue weighted by molar-refractivity contribution is 5.88. The number of nitrogens with zero attached hydrogens (tertiary/aromatic N) is 1. The Morgan fingerprint density at radius 2 is 2.07 bits per heavy atom. The number of ether oxygens (including phenoxy) is 1. The minimum absolute atomic E-state index is 0.0286. The number of anilines is 1. The molecule has 1 heterocycles. The number of hydrogen-bond donors (Lipinski definition) is 2. The third kappa shape index (κ3) is 3.99. The number of amides is 1. The number of benzene rings is 2. The molecule has 0 radical (unpaired) electrons. The lowest BCUT2D eigenvalue weighted by atomic mass is 10.0. The summed E-state index contributed by atoms with van der Waals surface area (Å²) < 4.78 is 6.49. The number of hydrogen-bond acceptors (Lipinski definition) is 4. The van der Waals surface area contributed by atoms with Crippen molar-refractivity contribution in [2.45, 2.75) is 44.4 Å². The van der Waals surface area contributed by atoms with E-state index in [1.807, 2.05) is 24.3 Å². The minimum Gasteiger partial charge on any atom is -0.484 e. The molecule has 1 fully saturated rings. The summed E-state index contributed by atoms with van der Waals surface area (Å²) >= 11 is 0. The molecule has 4 rings (SSSR count). The molecule has 0 saturated carbocycles. The topological polar surface area (TPSA) is 67.6 Å². The van der Waals surface area contributed by atoms with Gasteiger partial charge in [-0.25, -0.2) is 0 Å². The highest BCUT2D eigenvalue weighted by atomic mass is 16.5. The lowest BCUT2D eigenvalue weighted by Crippen LogP contribution is -2.49. The third-order valence-corrected chi connectivity index (χ3v) is 5.52. The van der Waals surface area contributed by atoms with Crippen molar-refractivity contribution in [2.24, 2.45) is 5.73 Å². The van der Waals surface area contributed by atoms with E-state index in [-0.39, 0.29) is 24.1 Å². The molecule has 0 unspecified atom stereocenters. The van der Waals surface area contributed by atoms with Crippen LogP contribution >= 0.6 is 0 Å². The van der Waals surface area contributed by atoms with Gasteiger partial charge in [0.1, 0.15) is 11.9 Å². The van der Waals surface area contributed by atoms with Gasteiger partial charge in [-0.05, 0) is 49.1 Å². The molecule has 2 aromatic carbocycles. The second-order valence-electron chi connectivity index (χ2n) is 7.61. The van der Waals surface area contributed by atoms with Crippen molar-refractivity contribution in [1.82, 2.24) is 4.90 Å². The number of carbonyl (C=O) groups excluding carboxylic acids is 1. The summed E-state index contributed by atoms with van der Waals surface area (Å²) in [6.45, 7) is 3.50. The second kappa shape index (κ2) is 7.71. The largest absolute Gasteiger partial charge is 0.484 e. The van der Waals surface area contributed by atoms with Gasteiger partial charge in [-0.2, -0.15) is 0 Å². The van der Waals surface area contributed by atoms with E-state index in [0.29, 0.717) is 0 Å². The fourth-order valence-electron chi connectivity index (χ4n) is 4.34. The predicted octanol–water partition coefficient (Wildman–Crippen LogP) is 3.11. The van der Waals surface area contributed by atoms with Gasteiger partial charge in [0, 0.05) is 31.3 Å². The SMILES string of the molecule is CC(=O)Nc1cccc(O[C@H]2c3ccccc3C[C@@H]2N2CCC[C@@H](N)C2)c1. The number of piperidine rings is 1. The molecule has 27 heavy (non-hydrogen) atoms. The summed E-state index contributed by atoms with van der Waals surface area (Å²) in [5.41, 5.74) is 9.60. The van der Waals surface area contributed by atoms with Gasteiger partial charge in [-0.1, -0.05) is 30.3 Å². The molecule has 3 N–H and O–H groups in total. The Morgan fingerprint density at radius 3 is 2.89 bits per heavy atom. The number of fused-ring (bicyclic) bond motifs is 1. The molecule has 5 heteroatoms. The lowest BCUT2D eigenvalue weighted by Gasteiger charge is -2.38. The molecule has 5 nitrogen and oxygen atoms in total. The molecule has 2 aliphatic rings. The van der Waals surface area contributed by atoms with Crippen LogP contribution in [-0.2, 0) is 11.2 Å². The summed E-state index contributed by atoms with van der Waals surface area (Å²) in [7, 11) is 0. The second-order valence-corrected chi connectivity index (χ2v) is 7.61. The molecule has 3 atom stereocenters. The van der Waals surface area contributed by atoms with E-state index >= 15 is 0 Å². The van der Waals surface area contributed by atoms with E-state index in [0.717, 1.165) is 43.8 Å². The number of likely N-dealkylation sites (tertiary alicyclic amines) is 1. The molecule has 1 aliphatic carbocycles.